The van der Waals surface area contributed by atoms with E-state index in [2.05, 4.69) is 5.32 Å². The number of aliphatic carboxylic acids is 1. The molecule has 0 saturated heterocycles. The maximum Gasteiger partial charge on any atom is 1.00 e. The molecule has 4 rings (SSSR count). The van der Waals surface area contributed by atoms with E-state index in [4.69, 9.17) is 44.3 Å². The minimum absolute atomic E-state index is 0. The Kier molecular flexibility index (Phi) is 9.76. The molecule has 1 aliphatic rings. The van der Waals surface area contributed by atoms with Crippen LogP contribution in [-0.2, 0) is 11.2 Å². The van der Waals surface area contributed by atoms with Crippen molar-refractivity contribution in [1.29, 1.82) is 0 Å². The fourth-order valence-electron chi connectivity index (χ4n) is 3.65. The molecule has 0 spiro atoms. The quantitative estimate of drug-likeness (QED) is 0.462. The van der Waals surface area contributed by atoms with Crippen molar-refractivity contribution in [3.8, 4) is 17.2 Å². The van der Waals surface area contributed by atoms with Crippen LogP contribution in [0.3, 0.4) is 0 Å². The zero-order chi connectivity index (χ0) is 24.2. The van der Waals surface area contributed by atoms with Gasteiger partial charge in [0.2, 0.25) is 0 Å². The Balaban J connectivity index is 0.00000342. The fraction of sp³-hybridized carbons (Fsp3) is 0.200. The van der Waals surface area contributed by atoms with Gasteiger partial charge in [0.25, 0.3) is 5.91 Å². The molecule has 35 heavy (non-hydrogen) atoms. The molecule has 1 amide bonds. The normalized spacial score (nSPS) is 14.2. The minimum atomic E-state index is -1.17. The topological polar surface area (TPSA) is 87.7 Å². The SMILES string of the molecule is O=C(NCCc1ccc(Cl)cc1Cl)c1ccc(Oc2cc3c(cc2Cl)[C@H](C(=O)[O-])CCO3)cc1.[Na+]. The first-order chi connectivity index (χ1) is 16.3. The Morgan fingerprint density at radius 2 is 1.77 bits per heavy atom. The second kappa shape index (κ2) is 12.3. The van der Waals surface area contributed by atoms with E-state index in [1.54, 1.807) is 42.5 Å². The Bertz CT molecular complexity index is 1240. The van der Waals surface area contributed by atoms with Crippen molar-refractivity contribution in [1.82, 2.24) is 5.32 Å². The number of nitrogens with one attached hydrogen (secondary N) is 1. The van der Waals surface area contributed by atoms with Gasteiger partial charge in [-0.05, 0) is 60.9 Å². The van der Waals surface area contributed by atoms with Crippen LogP contribution >= 0.6 is 34.8 Å². The number of ether oxygens (including phenoxy) is 2. The Morgan fingerprint density at radius 3 is 2.46 bits per heavy atom. The first-order valence-corrected chi connectivity index (χ1v) is 11.6. The molecule has 0 unspecified atom stereocenters. The van der Waals surface area contributed by atoms with Crippen LogP contribution < -0.4 is 49.5 Å². The molecule has 1 N–H and O–H groups in total. The Hall–Kier alpha value is -1.93. The van der Waals surface area contributed by atoms with Crippen molar-refractivity contribution in [3.05, 3.63) is 86.4 Å². The van der Waals surface area contributed by atoms with E-state index >= 15 is 0 Å². The first kappa shape index (κ1) is 27.7. The van der Waals surface area contributed by atoms with E-state index in [0.29, 0.717) is 57.8 Å². The summed E-state index contributed by atoms with van der Waals surface area (Å²) in [5, 5.41) is 15.6. The van der Waals surface area contributed by atoms with Crippen LogP contribution in [0.25, 0.3) is 0 Å². The third-order valence-electron chi connectivity index (χ3n) is 5.43. The predicted octanol–water partition coefficient (Wildman–Crippen LogP) is 2.03. The molecule has 176 valence electrons. The van der Waals surface area contributed by atoms with Gasteiger partial charge in [-0.2, -0.15) is 0 Å². The van der Waals surface area contributed by atoms with Crippen LogP contribution in [0.2, 0.25) is 15.1 Å². The molecule has 0 saturated carbocycles. The van der Waals surface area contributed by atoms with Crippen molar-refractivity contribution in [2.75, 3.05) is 13.2 Å². The summed E-state index contributed by atoms with van der Waals surface area (Å²) in [6, 6.07) is 14.9. The number of amides is 1. The average molecular weight is 543 g/mol. The molecular formula is C25H19Cl3NNaO5. The Morgan fingerprint density at radius 1 is 1.03 bits per heavy atom. The molecule has 0 radical (unpaired) electrons. The molecule has 10 heteroatoms. The number of hydrogen-bond acceptors (Lipinski definition) is 5. The summed E-state index contributed by atoms with van der Waals surface area (Å²) < 4.78 is 11.4. The Labute approximate surface area is 239 Å². The molecule has 3 aromatic carbocycles. The van der Waals surface area contributed by atoms with E-state index in [0.717, 1.165) is 5.56 Å². The molecule has 1 atom stereocenters. The second-order valence-electron chi connectivity index (χ2n) is 7.70. The fourth-order valence-corrected chi connectivity index (χ4v) is 4.36. The number of carboxylic acid groups (broad SMARTS) is 1. The third-order valence-corrected chi connectivity index (χ3v) is 6.31. The van der Waals surface area contributed by atoms with Gasteiger partial charge in [0, 0.05) is 45.7 Å². The van der Waals surface area contributed by atoms with Crippen molar-refractivity contribution >= 4 is 46.7 Å². The molecule has 0 aliphatic carbocycles. The van der Waals surface area contributed by atoms with Crippen LogP contribution in [0.15, 0.2) is 54.6 Å². The zero-order valence-corrected chi connectivity index (χ0v) is 23.0. The molecular weight excluding hydrogens is 524 g/mol. The standard InChI is InChI=1S/C25H20Cl3NO5.Na/c26-16-4-1-14(20(27)11-16)7-9-29-24(30)15-2-5-17(6-3-15)34-23-13-22-19(12-21(23)28)18(25(31)32)8-10-33-22;/h1-6,11-13,18H,7-10H2,(H,29,30)(H,31,32);/q;+1/p-1/t18-;/m1./s1. The number of benzene rings is 3. The summed E-state index contributed by atoms with van der Waals surface area (Å²) in [4.78, 5) is 23.8. The minimum Gasteiger partial charge on any atom is -0.549 e. The molecule has 1 aliphatic heterocycles. The summed E-state index contributed by atoms with van der Waals surface area (Å²) in [5.41, 5.74) is 1.83. The largest absolute Gasteiger partial charge is 1.00 e. The van der Waals surface area contributed by atoms with Crippen LogP contribution in [0.4, 0.5) is 0 Å². The number of carbonyl (C=O) groups excluding carboxylic acids is 2. The molecule has 0 fully saturated rings. The summed E-state index contributed by atoms with van der Waals surface area (Å²) in [6.45, 7) is 0.677. The number of fused-ring (bicyclic) bond motifs is 1. The van der Waals surface area contributed by atoms with Gasteiger partial charge in [-0.15, -0.1) is 0 Å². The van der Waals surface area contributed by atoms with Crippen molar-refractivity contribution in [2.45, 2.75) is 18.8 Å². The van der Waals surface area contributed by atoms with Crippen LogP contribution in [0.1, 0.15) is 33.8 Å². The number of carboxylic acids is 1. The van der Waals surface area contributed by atoms with E-state index in [1.807, 2.05) is 6.07 Å². The summed E-state index contributed by atoms with van der Waals surface area (Å²) >= 11 is 18.4. The molecule has 3 aromatic rings. The van der Waals surface area contributed by atoms with Gasteiger partial charge in [0.05, 0.1) is 11.6 Å². The monoisotopic (exact) mass is 541 g/mol. The molecule has 0 aromatic heterocycles. The maximum atomic E-state index is 12.4. The summed E-state index contributed by atoms with van der Waals surface area (Å²) in [7, 11) is 0. The number of hydrogen-bond donors (Lipinski definition) is 1. The van der Waals surface area contributed by atoms with Gasteiger partial charge < -0.3 is 24.7 Å². The van der Waals surface area contributed by atoms with Gasteiger partial charge in [-0.25, -0.2) is 0 Å². The van der Waals surface area contributed by atoms with Gasteiger partial charge >= 0.3 is 29.6 Å². The summed E-state index contributed by atoms with van der Waals surface area (Å²) in [5.74, 6) is -1.000. The number of halogens is 3. The molecule has 1 heterocycles. The third kappa shape index (κ3) is 6.85. The summed E-state index contributed by atoms with van der Waals surface area (Å²) in [6.07, 6.45) is 0.892. The zero-order valence-electron chi connectivity index (χ0n) is 18.8. The number of rotatable bonds is 7. The van der Waals surface area contributed by atoms with E-state index < -0.39 is 11.9 Å². The van der Waals surface area contributed by atoms with Crippen molar-refractivity contribution < 1.29 is 53.7 Å². The van der Waals surface area contributed by atoms with Gasteiger partial charge in [0.15, 0.2) is 0 Å². The predicted molar refractivity (Wildman–Crippen MR) is 128 cm³/mol. The van der Waals surface area contributed by atoms with Gasteiger partial charge in [0.1, 0.15) is 17.2 Å². The van der Waals surface area contributed by atoms with E-state index in [1.165, 1.54) is 6.07 Å². The van der Waals surface area contributed by atoms with Gasteiger partial charge in [-0.3, -0.25) is 4.79 Å². The van der Waals surface area contributed by atoms with E-state index in [-0.39, 0.29) is 47.1 Å². The smallest absolute Gasteiger partial charge is 0.549 e. The van der Waals surface area contributed by atoms with Crippen LogP contribution in [0.5, 0.6) is 17.2 Å². The van der Waals surface area contributed by atoms with Crippen LogP contribution in [0, 0.1) is 0 Å². The maximum absolute atomic E-state index is 12.4. The molecule has 6 nitrogen and oxygen atoms in total. The second-order valence-corrected chi connectivity index (χ2v) is 8.95. The first-order valence-electron chi connectivity index (χ1n) is 10.5. The van der Waals surface area contributed by atoms with Crippen LogP contribution in [-0.4, -0.2) is 25.0 Å². The van der Waals surface area contributed by atoms with E-state index in [9.17, 15) is 14.7 Å². The van der Waals surface area contributed by atoms with Gasteiger partial charge in [-0.1, -0.05) is 40.9 Å². The molecule has 0 bridgehead atoms. The van der Waals surface area contributed by atoms with Crippen molar-refractivity contribution in [3.63, 3.8) is 0 Å². The number of carbonyl (C=O) groups is 2. The van der Waals surface area contributed by atoms with Crippen molar-refractivity contribution in [2.24, 2.45) is 0 Å². The average Bonchev–Trinajstić information content (AvgIpc) is 2.81.